The molecular weight excluding hydrogens is 244 g/mol. The second-order valence-corrected chi connectivity index (χ2v) is 5.37. The first kappa shape index (κ1) is 14.1. The minimum atomic E-state index is -0.312. The van der Waals surface area contributed by atoms with Crippen LogP contribution in [0.25, 0.3) is 0 Å². The number of primary amides is 1. The van der Waals surface area contributed by atoms with Crippen molar-refractivity contribution in [1.29, 1.82) is 0 Å². The number of nitrogens with two attached hydrogens (primary N) is 1. The number of hydrogen-bond acceptors (Lipinski definition) is 3. The highest BCUT2D eigenvalue weighted by Crippen LogP contribution is 2.26. The van der Waals surface area contributed by atoms with Gasteiger partial charge in [-0.2, -0.15) is 0 Å². The van der Waals surface area contributed by atoms with Gasteiger partial charge >= 0.3 is 0 Å². The molecule has 2 fully saturated rings. The summed E-state index contributed by atoms with van der Waals surface area (Å²) in [5, 5.41) is 2.99. The van der Waals surface area contributed by atoms with Crippen LogP contribution < -0.4 is 11.1 Å². The summed E-state index contributed by atoms with van der Waals surface area (Å²) >= 11 is 0. The largest absolute Gasteiger partial charge is 0.373 e. The van der Waals surface area contributed by atoms with Crippen molar-refractivity contribution in [3.63, 3.8) is 0 Å². The quantitative estimate of drug-likeness (QED) is 0.736. The lowest BCUT2D eigenvalue weighted by Gasteiger charge is -2.31. The van der Waals surface area contributed by atoms with Crippen LogP contribution in [0.4, 0.5) is 0 Å². The Morgan fingerprint density at radius 2 is 1.95 bits per heavy atom. The van der Waals surface area contributed by atoms with Gasteiger partial charge in [0.15, 0.2) is 0 Å². The first-order chi connectivity index (χ1) is 9.13. The van der Waals surface area contributed by atoms with Crippen molar-refractivity contribution in [3.8, 4) is 0 Å². The molecule has 5 heteroatoms. The van der Waals surface area contributed by atoms with Gasteiger partial charge in [-0.15, -0.1) is 6.58 Å². The molecule has 2 amide bonds. The molecule has 0 aromatic rings. The van der Waals surface area contributed by atoms with Gasteiger partial charge in [-0.3, -0.25) is 9.59 Å². The normalized spacial score (nSPS) is 34.7. The molecule has 0 bridgehead atoms. The highest BCUT2D eigenvalue weighted by Gasteiger charge is 2.36. The van der Waals surface area contributed by atoms with Crippen LogP contribution in [0.2, 0.25) is 0 Å². The van der Waals surface area contributed by atoms with E-state index < -0.39 is 0 Å². The van der Waals surface area contributed by atoms with E-state index in [0.29, 0.717) is 13.0 Å². The van der Waals surface area contributed by atoms with E-state index in [1.807, 2.05) is 0 Å². The lowest BCUT2D eigenvalue weighted by molar-refractivity contribution is -0.129. The molecule has 1 saturated carbocycles. The van der Waals surface area contributed by atoms with Gasteiger partial charge in [0.2, 0.25) is 11.8 Å². The fourth-order valence-electron chi connectivity index (χ4n) is 3.06. The van der Waals surface area contributed by atoms with Crippen LogP contribution in [-0.2, 0) is 14.3 Å². The molecule has 0 aromatic heterocycles. The molecule has 2 aliphatic rings. The summed E-state index contributed by atoms with van der Waals surface area (Å²) in [5.41, 5.74) is 5.41. The van der Waals surface area contributed by atoms with E-state index in [1.54, 1.807) is 6.08 Å². The van der Waals surface area contributed by atoms with Crippen LogP contribution in [0.1, 0.15) is 32.1 Å². The number of carbonyl (C=O) groups excluding carboxylic acids is 2. The Kier molecular flexibility index (Phi) is 4.58. The second kappa shape index (κ2) is 6.19. The molecular formula is C14H22N2O3. The Bertz CT molecular complexity index is 370. The molecule has 0 spiro atoms. The number of ether oxygens (including phenoxy) is 1. The molecule has 106 valence electrons. The molecule has 2 unspecified atom stereocenters. The van der Waals surface area contributed by atoms with Gasteiger partial charge in [-0.05, 0) is 19.3 Å². The molecule has 1 saturated heterocycles. The Morgan fingerprint density at radius 1 is 1.21 bits per heavy atom. The molecule has 1 aliphatic heterocycles. The van der Waals surface area contributed by atoms with Gasteiger partial charge in [0.25, 0.3) is 0 Å². The number of hydrogen-bond donors (Lipinski definition) is 2. The van der Waals surface area contributed by atoms with Crippen molar-refractivity contribution < 1.29 is 14.3 Å². The van der Waals surface area contributed by atoms with Gasteiger partial charge in [-0.25, -0.2) is 0 Å². The topological polar surface area (TPSA) is 81.4 Å². The lowest BCUT2D eigenvalue weighted by atomic mass is 9.83. The Labute approximate surface area is 113 Å². The predicted octanol–water partition coefficient (Wildman–Crippen LogP) is 0.738. The summed E-state index contributed by atoms with van der Waals surface area (Å²) in [6.07, 6.45) is 5.79. The first-order valence-corrected chi connectivity index (χ1v) is 6.97. The maximum atomic E-state index is 12.3. The van der Waals surface area contributed by atoms with Crippen LogP contribution >= 0.6 is 0 Å². The summed E-state index contributed by atoms with van der Waals surface area (Å²) in [7, 11) is 0. The highest BCUT2D eigenvalue weighted by atomic mass is 16.5. The number of nitrogens with one attached hydrogen (secondary N) is 1. The molecule has 19 heavy (non-hydrogen) atoms. The van der Waals surface area contributed by atoms with Gasteiger partial charge in [0.1, 0.15) is 0 Å². The van der Waals surface area contributed by atoms with Gasteiger partial charge < -0.3 is 15.8 Å². The zero-order chi connectivity index (χ0) is 13.8. The molecule has 4 atom stereocenters. The van der Waals surface area contributed by atoms with E-state index in [0.717, 1.165) is 25.7 Å². The molecule has 3 N–H and O–H groups in total. The van der Waals surface area contributed by atoms with Gasteiger partial charge in [0, 0.05) is 12.6 Å². The summed E-state index contributed by atoms with van der Waals surface area (Å²) in [5.74, 6) is -0.774. The third-order valence-electron chi connectivity index (χ3n) is 4.16. The second-order valence-electron chi connectivity index (χ2n) is 5.37. The Hall–Kier alpha value is -1.36. The standard InChI is InChI=1S/C14H22N2O3/c1-2-12-10(7-8-19-12)14(18)16-11-6-4-3-5-9(11)13(15)17/h2,9-12H,1,3-8H2,(H2,15,17)(H,16,18)/t9?,10-,11?,12+/m1/s1. The lowest BCUT2D eigenvalue weighted by Crippen LogP contribution is -2.49. The summed E-state index contributed by atoms with van der Waals surface area (Å²) < 4.78 is 5.43. The Morgan fingerprint density at radius 3 is 2.63 bits per heavy atom. The molecule has 5 nitrogen and oxygen atoms in total. The summed E-state index contributed by atoms with van der Waals surface area (Å²) in [4.78, 5) is 23.7. The van der Waals surface area contributed by atoms with Crippen molar-refractivity contribution in [2.24, 2.45) is 17.6 Å². The SMILES string of the molecule is C=C[C@@H]1OCC[C@H]1C(=O)NC1CCCCC1C(N)=O. The van der Waals surface area contributed by atoms with E-state index in [-0.39, 0.29) is 35.8 Å². The molecule has 1 heterocycles. The highest BCUT2D eigenvalue weighted by molar-refractivity contribution is 5.82. The fraction of sp³-hybridized carbons (Fsp3) is 0.714. The molecule has 0 radical (unpaired) electrons. The van der Waals surface area contributed by atoms with Crippen LogP contribution in [0.3, 0.4) is 0 Å². The molecule has 0 aromatic carbocycles. The predicted molar refractivity (Wildman–Crippen MR) is 71.1 cm³/mol. The minimum absolute atomic E-state index is 0.0412. The van der Waals surface area contributed by atoms with Crippen molar-refractivity contribution in [3.05, 3.63) is 12.7 Å². The monoisotopic (exact) mass is 266 g/mol. The van der Waals surface area contributed by atoms with E-state index in [9.17, 15) is 9.59 Å². The minimum Gasteiger partial charge on any atom is -0.373 e. The Balaban J connectivity index is 1.96. The fourth-order valence-corrected chi connectivity index (χ4v) is 3.06. The van der Waals surface area contributed by atoms with E-state index in [1.165, 1.54) is 0 Å². The maximum absolute atomic E-state index is 12.3. The summed E-state index contributed by atoms with van der Waals surface area (Å²) in [6.45, 7) is 4.27. The van der Waals surface area contributed by atoms with Crippen molar-refractivity contribution in [1.82, 2.24) is 5.32 Å². The van der Waals surface area contributed by atoms with Crippen molar-refractivity contribution in [2.45, 2.75) is 44.2 Å². The van der Waals surface area contributed by atoms with E-state index in [4.69, 9.17) is 10.5 Å². The average molecular weight is 266 g/mol. The van der Waals surface area contributed by atoms with Crippen LogP contribution in [0.5, 0.6) is 0 Å². The zero-order valence-corrected chi connectivity index (χ0v) is 11.1. The third-order valence-corrected chi connectivity index (χ3v) is 4.16. The van der Waals surface area contributed by atoms with Crippen LogP contribution in [0.15, 0.2) is 12.7 Å². The van der Waals surface area contributed by atoms with E-state index >= 15 is 0 Å². The van der Waals surface area contributed by atoms with Crippen molar-refractivity contribution >= 4 is 11.8 Å². The molecule has 2 rings (SSSR count). The summed E-state index contributed by atoms with van der Waals surface area (Å²) in [6, 6.07) is -0.121. The number of amides is 2. The van der Waals surface area contributed by atoms with Gasteiger partial charge in [0.05, 0.1) is 17.9 Å². The maximum Gasteiger partial charge on any atom is 0.226 e. The van der Waals surface area contributed by atoms with Crippen LogP contribution in [0, 0.1) is 11.8 Å². The molecule has 1 aliphatic carbocycles. The van der Waals surface area contributed by atoms with E-state index in [2.05, 4.69) is 11.9 Å². The van der Waals surface area contributed by atoms with Crippen molar-refractivity contribution in [2.75, 3.05) is 6.61 Å². The number of carbonyl (C=O) groups is 2. The zero-order valence-electron chi connectivity index (χ0n) is 11.1. The van der Waals surface area contributed by atoms with Crippen LogP contribution in [-0.4, -0.2) is 30.6 Å². The average Bonchev–Trinajstić information content (AvgIpc) is 2.87. The smallest absolute Gasteiger partial charge is 0.226 e. The number of rotatable bonds is 4. The van der Waals surface area contributed by atoms with Gasteiger partial charge in [-0.1, -0.05) is 18.9 Å². The third kappa shape index (κ3) is 3.15. The first-order valence-electron chi connectivity index (χ1n) is 6.97.